The molecule has 10 heteroatoms. The SMILES string of the molecule is COC(=O)c1ccccc1S(=O)(=O)N1CCC(C(=O)OCc2cccc(F)c2F)CC1. The van der Waals surface area contributed by atoms with Gasteiger partial charge in [-0.1, -0.05) is 24.3 Å². The number of ether oxygens (including phenoxy) is 2. The summed E-state index contributed by atoms with van der Waals surface area (Å²) in [5.41, 5.74) is -0.142. The van der Waals surface area contributed by atoms with Gasteiger partial charge < -0.3 is 9.47 Å². The lowest BCUT2D eigenvalue weighted by Crippen LogP contribution is -2.41. The van der Waals surface area contributed by atoms with Crippen LogP contribution in [0.3, 0.4) is 0 Å². The van der Waals surface area contributed by atoms with Crippen LogP contribution in [-0.2, 0) is 30.9 Å². The van der Waals surface area contributed by atoms with Crippen LogP contribution in [0, 0.1) is 17.6 Å². The minimum atomic E-state index is -3.97. The third-order valence-electron chi connectivity index (χ3n) is 5.10. The summed E-state index contributed by atoms with van der Waals surface area (Å²) in [7, 11) is -2.81. The highest BCUT2D eigenvalue weighted by Crippen LogP contribution is 2.27. The van der Waals surface area contributed by atoms with E-state index in [9.17, 15) is 26.8 Å². The number of benzene rings is 2. The number of rotatable bonds is 6. The average Bonchev–Trinajstić information content (AvgIpc) is 2.79. The van der Waals surface area contributed by atoms with Gasteiger partial charge in [-0.05, 0) is 31.0 Å². The van der Waals surface area contributed by atoms with Crippen molar-refractivity contribution in [1.82, 2.24) is 4.31 Å². The molecule has 0 N–H and O–H groups in total. The highest BCUT2D eigenvalue weighted by molar-refractivity contribution is 7.89. The monoisotopic (exact) mass is 453 g/mol. The van der Waals surface area contributed by atoms with Crippen LogP contribution in [0.1, 0.15) is 28.8 Å². The van der Waals surface area contributed by atoms with Crippen LogP contribution in [0.4, 0.5) is 8.78 Å². The van der Waals surface area contributed by atoms with Crippen LogP contribution in [0.2, 0.25) is 0 Å². The van der Waals surface area contributed by atoms with Crippen molar-refractivity contribution >= 4 is 22.0 Å². The lowest BCUT2D eigenvalue weighted by Gasteiger charge is -2.30. The van der Waals surface area contributed by atoms with Gasteiger partial charge in [-0.2, -0.15) is 4.31 Å². The molecule has 0 saturated carbocycles. The van der Waals surface area contributed by atoms with Crippen molar-refractivity contribution in [2.24, 2.45) is 5.92 Å². The van der Waals surface area contributed by atoms with E-state index in [-0.39, 0.29) is 42.0 Å². The third-order valence-corrected chi connectivity index (χ3v) is 7.06. The number of carbonyl (C=O) groups is 2. The Balaban J connectivity index is 1.63. The second kappa shape index (κ2) is 9.52. The summed E-state index contributed by atoms with van der Waals surface area (Å²) in [4.78, 5) is 24.1. The molecule has 0 amide bonds. The van der Waals surface area contributed by atoms with Crippen LogP contribution in [0.15, 0.2) is 47.4 Å². The van der Waals surface area contributed by atoms with Crippen molar-refractivity contribution in [3.05, 3.63) is 65.2 Å². The molecule has 0 aliphatic carbocycles. The summed E-state index contributed by atoms with van der Waals surface area (Å²) in [5, 5.41) is 0. The second-order valence-electron chi connectivity index (χ2n) is 6.99. The van der Waals surface area contributed by atoms with Crippen molar-refractivity contribution in [3.8, 4) is 0 Å². The summed E-state index contributed by atoms with van der Waals surface area (Å²) in [6.07, 6.45) is 0.397. The number of carbonyl (C=O) groups excluding carboxylic acids is 2. The van der Waals surface area contributed by atoms with Crippen molar-refractivity contribution < 1.29 is 36.3 Å². The molecular weight excluding hydrogens is 432 g/mol. The Labute approximate surface area is 178 Å². The number of hydrogen-bond donors (Lipinski definition) is 0. The van der Waals surface area contributed by atoms with Gasteiger partial charge in [0.25, 0.3) is 0 Å². The van der Waals surface area contributed by atoms with Crippen LogP contribution >= 0.6 is 0 Å². The zero-order valence-corrected chi connectivity index (χ0v) is 17.5. The predicted octanol–water partition coefficient (Wildman–Crippen LogP) is 2.90. The Morgan fingerprint density at radius 1 is 1.06 bits per heavy atom. The third kappa shape index (κ3) is 4.91. The van der Waals surface area contributed by atoms with Gasteiger partial charge in [0.05, 0.1) is 23.5 Å². The van der Waals surface area contributed by atoms with Gasteiger partial charge in [-0.25, -0.2) is 22.0 Å². The molecule has 1 aliphatic rings. The van der Waals surface area contributed by atoms with Crippen LogP contribution in [-0.4, -0.2) is 44.9 Å². The van der Waals surface area contributed by atoms with E-state index >= 15 is 0 Å². The normalized spacial score (nSPS) is 15.5. The van der Waals surface area contributed by atoms with Gasteiger partial charge in [-0.15, -0.1) is 0 Å². The van der Waals surface area contributed by atoms with Gasteiger partial charge in [0, 0.05) is 18.7 Å². The lowest BCUT2D eigenvalue weighted by molar-refractivity contribution is -0.151. The standard InChI is InChI=1S/C21H21F2NO6S/c1-29-21(26)16-6-2-3-8-18(16)31(27,28)24-11-9-14(10-12-24)20(25)30-13-15-5-4-7-17(22)19(15)23/h2-8,14H,9-13H2,1H3. The first kappa shape index (κ1) is 22.8. The van der Waals surface area contributed by atoms with E-state index in [1.807, 2.05) is 0 Å². The van der Waals surface area contributed by atoms with Gasteiger partial charge >= 0.3 is 11.9 Å². The molecular formula is C21H21F2NO6S. The second-order valence-corrected chi connectivity index (χ2v) is 8.89. The molecule has 1 saturated heterocycles. The molecule has 0 aromatic heterocycles. The lowest BCUT2D eigenvalue weighted by atomic mass is 9.98. The summed E-state index contributed by atoms with van der Waals surface area (Å²) in [5.74, 6) is -4.03. The maximum atomic E-state index is 13.7. The quantitative estimate of drug-likeness (QED) is 0.625. The van der Waals surface area contributed by atoms with E-state index in [4.69, 9.17) is 4.74 Å². The van der Waals surface area contributed by atoms with E-state index in [1.54, 1.807) is 0 Å². The first-order chi connectivity index (χ1) is 14.8. The Morgan fingerprint density at radius 3 is 2.42 bits per heavy atom. The Hall–Kier alpha value is -2.85. The van der Waals surface area contributed by atoms with Crippen molar-refractivity contribution in [2.45, 2.75) is 24.3 Å². The maximum absolute atomic E-state index is 13.7. The average molecular weight is 453 g/mol. The fraction of sp³-hybridized carbons (Fsp3) is 0.333. The molecule has 0 spiro atoms. The fourth-order valence-electron chi connectivity index (χ4n) is 3.37. The van der Waals surface area contributed by atoms with E-state index < -0.39 is 46.1 Å². The van der Waals surface area contributed by atoms with Gasteiger partial charge in [0.15, 0.2) is 11.6 Å². The summed E-state index contributed by atoms with van der Waals surface area (Å²) in [6.45, 7) is -0.314. The molecule has 0 unspecified atom stereocenters. The minimum absolute atomic E-state index is 0.0476. The molecule has 166 valence electrons. The van der Waals surface area contributed by atoms with E-state index in [2.05, 4.69) is 4.74 Å². The Morgan fingerprint density at radius 2 is 1.74 bits per heavy atom. The van der Waals surface area contributed by atoms with E-state index in [0.717, 1.165) is 6.07 Å². The van der Waals surface area contributed by atoms with Crippen LogP contribution in [0.5, 0.6) is 0 Å². The molecule has 0 bridgehead atoms. The van der Waals surface area contributed by atoms with Crippen molar-refractivity contribution in [3.63, 3.8) is 0 Å². The van der Waals surface area contributed by atoms with E-state index in [1.165, 1.54) is 47.8 Å². The molecule has 1 fully saturated rings. The fourth-order valence-corrected chi connectivity index (χ4v) is 5.02. The zero-order chi connectivity index (χ0) is 22.6. The first-order valence-corrected chi connectivity index (χ1v) is 11.0. The molecule has 0 radical (unpaired) electrons. The van der Waals surface area contributed by atoms with Crippen LogP contribution in [0.25, 0.3) is 0 Å². The smallest absolute Gasteiger partial charge is 0.339 e. The number of halogens is 2. The molecule has 31 heavy (non-hydrogen) atoms. The Bertz CT molecular complexity index is 1080. The number of piperidine rings is 1. The Kier molecular flexibility index (Phi) is 7.01. The van der Waals surface area contributed by atoms with Gasteiger partial charge in [0.1, 0.15) is 6.61 Å². The number of sulfonamides is 1. The topological polar surface area (TPSA) is 90.0 Å². The molecule has 1 heterocycles. The predicted molar refractivity (Wildman–Crippen MR) is 105 cm³/mol. The largest absolute Gasteiger partial charge is 0.465 e. The molecule has 0 atom stereocenters. The van der Waals surface area contributed by atoms with E-state index in [0.29, 0.717) is 0 Å². The molecule has 2 aromatic carbocycles. The molecule has 2 aromatic rings. The number of esters is 2. The highest BCUT2D eigenvalue weighted by Gasteiger charge is 2.34. The number of methoxy groups -OCH3 is 1. The number of hydrogen-bond acceptors (Lipinski definition) is 6. The first-order valence-electron chi connectivity index (χ1n) is 9.52. The van der Waals surface area contributed by atoms with Gasteiger partial charge in [-0.3, -0.25) is 4.79 Å². The maximum Gasteiger partial charge on any atom is 0.339 e. The zero-order valence-electron chi connectivity index (χ0n) is 16.7. The summed E-state index contributed by atoms with van der Waals surface area (Å²) < 4.78 is 63.9. The molecule has 3 rings (SSSR count). The highest BCUT2D eigenvalue weighted by atomic mass is 32.2. The van der Waals surface area contributed by atoms with Crippen molar-refractivity contribution in [2.75, 3.05) is 20.2 Å². The van der Waals surface area contributed by atoms with Gasteiger partial charge in [0.2, 0.25) is 10.0 Å². The summed E-state index contributed by atoms with van der Waals surface area (Å²) in [6, 6.07) is 9.35. The molecule has 7 nitrogen and oxygen atoms in total. The van der Waals surface area contributed by atoms with Crippen molar-refractivity contribution in [1.29, 1.82) is 0 Å². The minimum Gasteiger partial charge on any atom is -0.465 e. The van der Waals surface area contributed by atoms with Crippen LogP contribution < -0.4 is 0 Å². The summed E-state index contributed by atoms with van der Waals surface area (Å²) >= 11 is 0. The number of nitrogens with zero attached hydrogens (tertiary/aromatic N) is 1. The molecule has 1 aliphatic heterocycles.